The van der Waals surface area contributed by atoms with Crippen molar-refractivity contribution in [1.29, 1.82) is 0 Å². The molecule has 4 nitrogen and oxygen atoms in total. The number of nitrogens with zero attached hydrogens (tertiary/aromatic N) is 3. The van der Waals surface area contributed by atoms with Crippen LogP contribution in [0.3, 0.4) is 0 Å². The molecule has 0 aliphatic carbocycles. The first-order valence-electron chi connectivity index (χ1n) is 17.9. The number of aromatic hydroxyl groups is 1. The maximum Gasteiger partial charge on any atom is 0.123 e. The molecule has 2 heterocycles. The fraction of sp³-hybridized carbons (Fsp3) is 0.167. The second kappa shape index (κ2) is 13.9. The first-order valence-corrected chi connectivity index (χ1v) is 17.9. The van der Waals surface area contributed by atoms with Gasteiger partial charge in [0.25, 0.3) is 0 Å². The third kappa shape index (κ3) is 6.85. The van der Waals surface area contributed by atoms with Gasteiger partial charge >= 0.3 is 0 Å². The number of rotatable bonds is 5. The summed E-state index contributed by atoms with van der Waals surface area (Å²) in [5, 5.41) is 12.4. The van der Waals surface area contributed by atoms with Crippen LogP contribution in [0, 0.1) is 6.07 Å². The topological polar surface area (TPSA) is 50.9 Å². The summed E-state index contributed by atoms with van der Waals surface area (Å²) in [6, 6.07) is 49.7. The first kappa shape index (κ1) is 36.1. The van der Waals surface area contributed by atoms with Crippen molar-refractivity contribution in [3.8, 4) is 56.2 Å². The molecule has 266 valence electrons. The molecule has 2 aromatic heterocycles. The van der Waals surface area contributed by atoms with Crippen LogP contribution in [0.2, 0.25) is 0 Å². The van der Waals surface area contributed by atoms with Crippen LogP contribution < -0.4 is 0 Å². The van der Waals surface area contributed by atoms with E-state index in [2.05, 4.69) is 137 Å². The fourth-order valence-electron chi connectivity index (χ4n) is 7.02. The fourth-order valence-corrected chi connectivity index (χ4v) is 7.02. The number of fused-ring (bicyclic) bond motifs is 2. The smallest absolute Gasteiger partial charge is 0.123 e. The average Bonchev–Trinajstić information content (AvgIpc) is 3.54. The van der Waals surface area contributed by atoms with Crippen LogP contribution in [0.15, 0.2) is 140 Å². The number of phenolic OH excluding ortho intramolecular Hbond substituents is 1. The minimum Gasteiger partial charge on any atom is -0.507 e. The number of hydrogen-bond donors (Lipinski definition) is 1. The number of imidazole rings is 1. The summed E-state index contributed by atoms with van der Waals surface area (Å²) in [7, 11) is 0. The molecule has 0 amide bonds. The molecule has 0 aliphatic heterocycles. The minimum atomic E-state index is -0.0383. The Morgan fingerprint density at radius 3 is 2.02 bits per heavy atom. The third-order valence-corrected chi connectivity index (χ3v) is 9.97. The third-order valence-electron chi connectivity index (χ3n) is 9.97. The van der Waals surface area contributed by atoms with Gasteiger partial charge in [0, 0.05) is 49.6 Å². The van der Waals surface area contributed by atoms with Crippen molar-refractivity contribution in [1.82, 2.24) is 14.5 Å². The molecule has 0 bridgehead atoms. The summed E-state index contributed by atoms with van der Waals surface area (Å²) in [6.45, 7) is 13.4. The van der Waals surface area contributed by atoms with E-state index in [-0.39, 0.29) is 37.6 Å². The molecule has 1 N–H and O–H groups in total. The second-order valence-corrected chi connectivity index (χ2v) is 15.7. The van der Waals surface area contributed by atoms with Gasteiger partial charge in [-0.15, -0.1) is 29.8 Å². The molecule has 0 fully saturated rings. The Morgan fingerprint density at radius 2 is 1.28 bits per heavy atom. The zero-order chi connectivity index (χ0) is 36.2. The maximum atomic E-state index is 11.3. The molecular formula is C48H42N3OPt-. The van der Waals surface area contributed by atoms with E-state index in [4.69, 9.17) is 9.97 Å². The predicted octanol–water partition coefficient (Wildman–Crippen LogP) is 12.3. The van der Waals surface area contributed by atoms with E-state index in [1.165, 1.54) is 11.1 Å². The monoisotopic (exact) mass is 871 g/mol. The number of benzene rings is 6. The number of aromatic nitrogens is 3. The second-order valence-electron chi connectivity index (χ2n) is 15.7. The maximum absolute atomic E-state index is 11.3. The van der Waals surface area contributed by atoms with Crippen molar-refractivity contribution in [2.24, 2.45) is 0 Å². The van der Waals surface area contributed by atoms with Crippen LogP contribution in [0.4, 0.5) is 0 Å². The molecule has 0 unspecified atom stereocenters. The Hall–Kier alpha value is -5.31. The van der Waals surface area contributed by atoms with Crippen molar-refractivity contribution in [3.05, 3.63) is 157 Å². The van der Waals surface area contributed by atoms with Crippen molar-refractivity contribution >= 4 is 21.9 Å². The van der Waals surface area contributed by atoms with Crippen LogP contribution in [0.25, 0.3) is 72.4 Å². The molecule has 6 aromatic carbocycles. The zero-order valence-electron chi connectivity index (χ0n) is 30.9. The molecule has 0 spiro atoms. The quantitative estimate of drug-likeness (QED) is 0.175. The number of phenols is 1. The van der Waals surface area contributed by atoms with Gasteiger partial charge in [-0.25, -0.2) is 0 Å². The van der Waals surface area contributed by atoms with Crippen LogP contribution in [0.5, 0.6) is 5.75 Å². The molecule has 8 rings (SSSR count). The number of para-hydroxylation sites is 1. The van der Waals surface area contributed by atoms with E-state index in [9.17, 15) is 5.11 Å². The number of hydrogen-bond acceptors (Lipinski definition) is 3. The molecule has 53 heavy (non-hydrogen) atoms. The zero-order valence-corrected chi connectivity index (χ0v) is 33.2. The first-order chi connectivity index (χ1) is 25.0. The molecule has 0 atom stereocenters. The van der Waals surface area contributed by atoms with Gasteiger partial charge in [-0.05, 0) is 74.9 Å². The summed E-state index contributed by atoms with van der Waals surface area (Å²) in [6.07, 6.45) is 1.86. The van der Waals surface area contributed by atoms with Gasteiger partial charge in [0.05, 0.1) is 16.9 Å². The molecule has 0 saturated heterocycles. The van der Waals surface area contributed by atoms with Gasteiger partial charge in [-0.2, -0.15) is 0 Å². The van der Waals surface area contributed by atoms with Gasteiger partial charge in [-0.1, -0.05) is 132 Å². The van der Waals surface area contributed by atoms with E-state index in [0.29, 0.717) is 0 Å². The van der Waals surface area contributed by atoms with Gasteiger partial charge < -0.3 is 9.67 Å². The van der Waals surface area contributed by atoms with Crippen molar-refractivity contribution < 1.29 is 26.2 Å². The van der Waals surface area contributed by atoms with Crippen LogP contribution in [-0.2, 0) is 31.9 Å². The molecule has 0 radical (unpaired) electrons. The van der Waals surface area contributed by atoms with Crippen LogP contribution in [0.1, 0.15) is 52.7 Å². The van der Waals surface area contributed by atoms with E-state index >= 15 is 0 Å². The standard InChI is InChI=1S/C48H42N3O.Pt/c1-47(2,3)36-21-23-38(24-22-36)51-42-19-11-18-39(41-29-32(20-25-43(41)52)31-13-8-7-9-14-31)45(42)50-46(51)35-16-10-15-33(27-35)40-30-37(48(4,5)6)28-34-17-12-26-49-44(34)40;/h7-26,28-30,52H,1-6H3;/q-1;. The van der Waals surface area contributed by atoms with Crippen molar-refractivity contribution in [3.63, 3.8) is 0 Å². The molecule has 0 aliphatic rings. The molecule has 0 saturated carbocycles. The van der Waals surface area contributed by atoms with Gasteiger partial charge in [0.1, 0.15) is 5.75 Å². The Morgan fingerprint density at radius 1 is 0.566 bits per heavy atom. The summed E-state index contributed by atoms with van der Waals surface area (Å²) in [4.78, 5) is 10.2. The Labute approximate surface area is 326 Å². The average molecular weight is 872 g/mol. The molecular weight excluding hydrogens is 830 g/mol. The largest absolute Gasteiger partial charge is 0.507 e. The van der Waals surface area contributed by atoms with Gasteiger partial charge in [-0.3, -0.25) is 9.97 Å². The number of pyridine rings is 1. The normalized spacial score (nSPS) is 11.9. The van der Waals surface area contributed by atoms with E-state index in [0.717, 1.165) is 72.4 Å². The van der Waals surface area contributed by atoms with E-state index in [1.807, 2.05) is 48.7 Å². The Balaban J connectivity index is 0.00000435. The van der Waals surface area contributed by atoms with Crippen LogP contribution in [-0.4, -0.2) is 19.6 Å². The predicted molar refractivity (Wildman–Crippen MR) is 216 cm³/mol. The summed E-state index contributed by atoms with van der Waals surface area (Å²) < 4.78 is 2.22. The van der Waals surface area contributed by atoms with E-state index < -0.39 is 0 Å². The van der Waals surface area contributed by atoms with Gasteiger partial charge in [0.15, 0.2) is 0 Å². The minimum absolute atomic E-state index is 0. The van der Waals surface area contributed by atoms with Crippen LogP contribution >= 0.6 is 0 Å². The van der Waals surface area contributed by atoms with Crippen molar-refractivity contribution in [2.75, 3.05) is 0 Å². The summed E-state index contributed by atoms with van der Waals surface area (Å²) in [5.74, 6) is 0.986. The van der Waals surface area contributed by atoms with Crippen molar-refractivity contribution in [2.45, 2.75) is 52.4 Å². The summed E-state index contributed by atoms with van der Waals surface area (Å²) in [5.41, 5.74) is 12.8. The SMILES string of the molecule is CC(C)(C)c1ccc(-n2c(-c3[c-]c(-c4cc(C(C)(C)C)cc5cccnc45)ccc3)nc3c(-c4cc(-c5ccccc5)ccc4O)cccc32)cc1.[Pt]. The van der Waals surface area contributed by atoms with Gasteiger partial charge in [0.2, 0.25) is 0 Å². The Kier molecular flexibility index (Phi) is 9.47. The van der Waals surface area contributed by atoms with E-state index in [1.54, 1.807) is 6.07 Å². The summed E-state index contributed by atoms with van der Waals surface area (Å²) >= 11 is 0. The molecule has 8 aromatic rings. The molecule has 5 heteroatoms. The Bertz CT molecular complexity index is 2590.